The van der Waals surface area contributed by atoms with Crippen molar-refractivity contribution in [2.45, 2.75) is 25.9 Å². The van der Waals surface area contributed by atoms with Crippen LogP contribution in [0.3, 0.4) is 0 Å². The molecule has 0 saturated carbocycles. The summed E-state index contributed by atoms with van der Waals surface area (Å²) in [5, 5.41) is 14.0. The smallest absolute Gasteiger partial charge is 0.258 e. The first-order valence-electron chi connectivity index (χ1n) is 5.45. The van der Waals surface area contributed by atoms with Gasteiger partial charge in [-0.15, -0.1) is 0 Å². The first kappa shape index (κ1) is 12.1. The summed E-state index contributed by atoms with van der Waals surface area (Å²) >= 11 is 5.99. The summed E-state index contributed by atoms with van der Waals surface area (Å²) in [5.74, 6) is 0.679. The zero-order chi connectivity index (χ0) is 12.3. The highest BCUT2D eigenvalue weighted by Crippen LogP contribution is 2.23. The largest absolute Gasteiger partial charge is 0.385 e. The zero-order valence-electron chi connectivity index (χ0n) is 9.43. The minimum atomic E-state index is -0.686. The van der Waals surface area contributed by atoms with Crippen molar-refractivity contribution in [3.8, 4) is 0 Å². The van der Waals surface area contributed by atoms with E-state index >= 15 is 0 Å². The normalized spacial score (nSPS) is 17.4. The Morgan fingerprint density at radius 1 is 1.59 bits per heavy atom. The highest BCUT2D eigenvalue weighted by Gasteiger charge is 2.15. The van der Waals surface area contributed by atoms with Crippen molar-refractivity contribution in [3.05, 3.63) is 41.1 Å². The molecule has 1 aliphatic rings. The van der Waals surface area contributed by atoms with Gasteiger partial charge in [-0.25, -0.2) is 0 Å². The second-order valence-corrected chi connectivity index (χ2v) is 4.21. The van der Waals surface area contributed by atoms with Gasteiger partial charge in [0.1, 0.15) is 6.10 Å². The fourth-order valence-corrected chi connectivity index (χ4v) is 1.64. The molecule has 1 unspecified atom stereocenters. The van der Waals surface area contributed by atoms with Gasteiger partial charge in [0.15, 0.2) is 0 Å². The molecule has 1 heterocycles. The molecular weight excluding hydrogens is 240 g/mol. The van der Waals surface area contributed by atoms with Gasteiger partial charge in [-0.3, -0.25) is 0 Å². The number of nitrogens with zero attached hydrogens (tertiary/aromatic N) is 2. The van der Waals surface area contributed by atoms with Gasteiger partial charge in [-0.05, 0) is 18.6 Å². The van der Waals surface area contributed by atoms with E-state index < -0.39 is 6.10 Å². The second kappa shape index (κ2) is 5.29. The molecule has 1 aromatic rings. The summed E-state index contributed by atoms with van der Waals surface area (Å²) in [6.45, 7) is 1.85. The number of aliphatic hydroxyl groups is 1. The topological polar surface area (TPSA) is 59.2 Å². The maximum Gasteiger partial charge on any atom is 0.258 e. The molecule has 17 heavy (non-hydrogen) atoms. The van der Waals surface area contributed by atoms with E-state index in [1.807, 2.05) is 25.2 Å². The van der Waals surface area contributed by atoms with Crippen molar-refractivity contribution < 1.29 is 9.63 Å². The van der Waals surface area contributed by atoms with Gasteiger partial charge in [0.05, 0.1) is 0 Å². The molecule has 0 fully saturated rings. The number of aliphatic hydroxyl groups excluding tert-OH is 1. The van der Waals surface area contributed by atoms with Gasteiger partial charge < -0.3 is 9.63 Å². The van der Waals surface area contributed by atoms with Gasteiger partial charge >= 0.3 is 0 Å². The monoisotopic (exact) mass is 252 g/mol. The molecule has 1 aliphatic carbocycles. The Kier molecular flexibility index (Phi) is 3.76. The van der Waals surface area contributed by atoms with Crippen LogP contribution in [-0.4, -0.2) is 15.2 Å². The second-order valence-electron chi connectivity index (χ2n) is 3.73. The highest BCUT2D eigenvalue weighted by atomic mass is 35.5. The van der Waals surface area contributed by atoms with Crippen molar-refractivity contribution in [1.29, 1.82) is 0 Å². The Morgan fingerprint density at radius 3 is 3.18 bits per heavy atom. The fraction of sp³-hybridized carbons (Fsp3) is 0.333. The van der Waals surface area contributed by atoms with E-state index in [0.717, 1.165) is 5.57 Å². The average Bonchev–Trinajstić information content (AvgIpc) is 2.72. The number of rotatable bonds is 3. The minimum Gasteiger partial charge on any atom is -0.385 e. The molecule has 1 atom stereocenters. The standard InChI is InChI=1S/C12H13ClN2O2/c1-2-10(16)11-14-12(17-15-11)8-5-3-4-6-9(13)7-8/h3-5,7,10,16H,2,6H2,1H3. The summed E-state index contributed by atoms with van der Waals surface area (Å²) in [6.07, 6.45) is 8.04. The van der Waals surface area contributed by atoms with Gasteiger partial charge in [-0.1, -0.05) is 35.8 Å². The van der Waals surface area contributed by atoms with Crippen LogP contribution >= 0.6 is 11.6 Å². The van der Waals surface area contributed by atoms with Gasteiger partial charge in [-0.2, -0.15) is 4.98 Å². The molecule has 4 nitrogen and oxygen atoms in total. The third-order valence-corrected chi connectivity index (χ3v) is 2.67. The van der Waals surface area contributed by atoms with E-state index in [1.165, 1.54) is 0 Å². The Hall–Kier alpha value is -1.39. The Morgan fingerprint density at radius 2 is 2.41 bits per heavy atom. The third kappa shape index (κ3) is 2.84. The van der Waals surface area contributed by atoms with E-state index in [4.69, 9.17) is 16.1 Å². The zero-order valence-corrected chi connectivity index (χ0v) is 10.2. The highest BCUT2D eigenvalue weighted by molar-refractivity contribution is 6.30. The maximum atomic E-state index is 9.59. The molecule has 2 rings (SSSR count). The summed E-state index contributed by atoms with van der Waals surface area (Å²) in [5.41, 5.74) is 0.755. The van der Waals surface area contributed by atoms with Crippen LogP contribution in [0, 0.1) is 0 Å². The van der Waals surface area contributed by atoms with Crippen molar-refractivity contribution in [3.63, 3.8) is 0 Å². The summed E-state index contributed by atoms with van der Waals surface area (Å²) in [7, 11) is 0. The number of allylic oxidation sites excluding steroid dienone is 6. The van der Waals surface area contributed by atoms with Crippen molar-refractivity contribution in [2.24, 2.45) is 0 Å². The van der Waals surface area contributed by atoms with Crippen LogP contribution in [0.5, 0.6) is 0 Å². The molecule has 0 radical (unpaired) electrons. The summed E-state index contributed by atoms with van der Waals surface area (Å²) in [6, 6.07) is 0. The molecule has 0 aliphatic heterocycles. The maximum absolute atomic E-state index is 9.59. The molecule has 0 aromatic carbocycles. The minimum absolute atomic E-state index is 0.307. The van der Waals surface area contributed by atoms with Gasteiger partial charge in [0.2, 0.25) is 5.82 Å². The lowest BCUT2D eigenvalue weighted by molar-refractivity contribution is 0.159. The number of halogens is 1. The first-order valence-corrected chi connectivity index (χ1v) is 5.83. The van der Waals surface area contributed by atoms with Crippen LogP contribution in [0.1, 0.15) is 37.6 Å². The van der Waals surface area contributed by atoms with Crippen molar-refractivity contribution >= 4 is 17.2 Å². The fourth-order valence-electron chi connectivity index (χ4n) is 1.43. The molecule has 5 heteroatoms. The first-order chi connectivity index (χ1) is 8.20. The third-order valence-electron chi connectivity index (χ3n) is 2.41. The van der Waals surface area contributed by atoms with E-state index in [9.17, 15) is 5.11 Å². The summed E-state index contributed by atoms with van der Waals surface area (Å²) < 4.78 is 5.10. The lowest BCUT2D eigenvalue weighted by Crippen LogP contribution is -1.97. The molecule has 0 amide bonds. The van der Waals surface area contributed by atoms with Crippen LogP contribution in [-0.2, 0) is 0 Å². The summed E-state index contributed by atoms with van der Waals surface area (Å²) in [4.78, 5) is 4.15. The van der Waals surface area contributed by atoms with Crippen LogP contribution in [0.4, 0.5) is 0 Å². The van der Waals surface area contributed by atoms with Crippen molar-refractivity contribution in [2.75, 3.05) is 0 Å². The average molecular weight is 253 g/mol. The molecule has 0 spiro atoms. The Balaban J connectivity index is 2.28. The lowest BCUT2D eigenvalue weighted by Gasteiger charge is -1.98. The van der Waals surface area contributed by atoms with Gasteiger partial charge in [0, 0.05) is 17.0 Å². The lowest BCUT2D eigenvalue weighted by atomic mass is 10.2. The number of aromatic nitrogens is 2. The van der Waals surface area contributed by atoms with E-state index in [2.05, 4.69) is 10.1 Å². The van der Waals surface area contributed by atoms with Gasteiger partial charge in [0.25, 0.3) is 5.89 Å². The quantitative estimate of drug-likeness (QED) is 0.898. The molecule has 0 saturated heterocycles. The molecule has 0 bridgehead atoms. The van der Waals surface area contributed by atoms with E-state index in [0.29, 0.717) is 29.6 Å². The molecular formula is C12H13ClN2O2. The SMILES string of the molecule is CCC(O)c1noc(C2=CC=CCC(Cl)=C2)n1. The molecule has 1 N–H and O–H groups in total. The van der Waals surface area contributed by atoms with E-state index in [-0.39, 0.29) is 0 Å². The Labute approximate surface area is 104 Å². The van der Waals surface area contributed by atoms with E-state index in [1.54, 1.807) is 6.08 Å². The molecule has 90 valence electrons. The van der Waals surface area contributed by atoms with Crippen LogP contribution < -0.4 is 0 Å². The van der Waals surface area contributed by atoms with Crippen LogP contribution in [0.2, 0.25) is 0 Å². The number of hydrogen-bond donors (Lipinski definition) is 1. The van der Waals surface area contributed by atoms with Crippen LogP contribution in [0.15, 0.2) is 33.9 Å². The predicted octanol–water partition coefficient (Wildman–Crippen LogP) is 2.98. The van der Waals surface area contributed by atoms with Crippen LogP contribution in [0.25, 0.3) is 5.57 Å². The molecule has 1 aromatic heterocycles. The van der Waals surface area contributed by atoms with Crippen molar-refractivity contribution in [1.82, 2.24) is 10.1 Å². The number of hydrogen-bond acceptors (Lipinski definition) is 4. The Bertz CT molecular complexity index is 488. The predicted molar refractivity (Wildman–Crippen MR) is 65.2 cm³/mol.